The zero-order chi connectivity index (χ0) is 8.15. The van der Waals surface area contributed by atoms with Crippen LogP contribution in [-0.2, 0) is 4.74 Å². The van der Waals surface area contributed by atoms with Crippen LogP contribution in [0.3, 0.4) is 0 Å². The van der Waals surface area contributed by atoms with E-state index in [4.69, 9.17) is 22.1 Å². The quantitative estimate of drug-likeness (QED) is 0.639. The van der Waals surface area contributed by atoms with E-state index in [0.717, 1.165) is 0 Å². The summed E-state index contributed by atoms with van der Waals surface area (Å²) < 4.78 is 4.91. The number of methoxy groups -OCH3 is 1. The van der Waals surface area contributed by atoms with E-state index in [0.29, 0.717) is 10.7 Å². The molecule has 0 aliphatic heterocycles. The van der Waals surface area contributed by atoms with E-state index < -0.39 is 0 Å². The molecule has 0 aromatic heterocycles. The molecule has 10 heavy (non-hydrogen) atoms. The van der Waals surface area contributed by atoms with Gasteiger partial charge in [0.25, 0.3) is 0 Å². The van der Waals surface area contributed by atoms with Crippen LogP contribution < -0.4 is 5.73 Å². The Bertz CT molecular complexity index is 154. The molecule has 0 aromatic carbocycles. The minimum absolute atomic E-state index is 0.0206. The lowest BCUT2D eigenvalue weighted by molar-refractivity contribution is 0.156. The van der Waals surface area contributed by atoms with Crippen LogP contribution >= 0.6 is 11.6 Å². The predicted octanol–water partition coefficient (Wildman–Crippen LogP) is 1.62. The van der Waals surface area contributed by atoms with Gasteiger partial charge in [-0.25, -0.2) is 0 Å². The normalized spacial score (nSPS) is 14.9. The minimum Gasteiger partial charge on any atom is -0.398 e. The molecule has 0 heterocycles. The fourth-order valence-corrected chi connectivity index (χ4v) is 0.559. The molecule has 0 bridgehead atoms. The van der Waals surface area contributed by atoms with Gasteiger partial charge >= 0.3 is 0 Å². The van der Waals surface area contributed by atoms with Crippen LogP contribution in [0, 0.1) is 0 Å². The first-order valence-corrected chi connectivity index (χ1v) is 3.30. The van der Waals surface area contributed by atoms with Gasteiger partial charge in [0.05, 0.1) is 11.1 Å². The maximum Gasteiger partial charge on any atom is 0.0741 e. The second-order valence-corrected chi connectivity index (χ2v) is 2.39. The molecular formula is C7H12ClNO. The summed E-state index contributed by atoms with van der Waals surface area (Å²) in [5, 5.41) is 0.453. The third kappa shape index (κ3) is 3.54. The van der Waals surface area contributed by atoms with Crippen molar-refractivity contribution in [1.82, 2.24) is 0 Å². The Kier molecular flexibility index (Phi) is 4.16. The monoisotopic (exact) mass is 161 g/mol. The van der Waals surface area contributed by atoms with Crippen LogP contribution in [0.2, 0.25) is 0 Å². The zero-order valence-electron chi connectivity index (χ0n) is 6.23. The second-order valence-electron chi connectivity index (χ2n) is 1.98. The molecule has 0 spiro atoms. The summed E-state index contributed by atoms with van der Waals surface area (Å²) in [5.74, 6) is 0. The van der Waals surface area contributed by atoms with Crippen molar-refractivity contribution in [3.05, 3.63) is 23.4 Å². The molecule has 2 nitrogen and oxygen atoms in total. The zero-order valence-corrected chi connectivity index (χ0v) is 6.98. The Morgan fingerprint density at radius 3 is 2.60 bits per heavy atom. The number of halogens is 1. The van der Waals surface area contributed by atoms with Gasteiger partial charge in [-0.15, -0.1) is 0 Å². The van der Waals surface area contributed by atoms with Crippen molar-refractivity contribution in [3.63, 3.8) is 0 Å². The topological polar surface area (TPSA) is 35.2 Å². The maximum absolute atomic E-state index is 5.65. The third-order valence-electron chi connectivity index (χ3n) is 1.06. The summed E-state index contributed by atoms with van der Waals surface area (Å²) in [5.41, 5.74) is 5.65. The lowest BCUT2D eigenvalue weighted by Crippen LogP contribution is -2.03. The fourth-order valence-electron chi connectivity index (χ4n) is 0.381. The summed E-state index contributed by atoms with van der Waals surface area (Å²) in [6.45, 7) is 5.33. The Balaban J connectivity index is 4.02. The largest absolute Gasteiger partial charge is 0.398 e. The van der Waals surface area contributed by atoms with Crippen molar-refractivity contribution in [2.45, 2.75) is 13.0 Å². The Labute approximate surface area is 66.3 Å². The molecule has 0 amide bonds. The standard InChI is InChI=1S/C7H12ClNO/c1-5(10-3)4-7(8)6(2)9/h4-5H,2,9H2,1,3H3/b7-4+/t5-/m1/s1. The van der Waals surface area contributed by atoms with Crippen LogP contribution in [0.15, 0.2) is 23.4 Å². The van der Waals surface area contributed by atoms with E-state index in [2.05, 4.69) is 6.58 Å². The second kappa shape index (κ2) is 4.36. The van der Waals surface area contributed by atoms with E-state index in [9.17, 15) is 0 Å². The fraction of sp³-hybridized carbons (Fsp3) is 0.429. The average molecular weight is 162 g/mol. The van der Waals surface area contributed by atoms with E-state index in [1.807, 2.05) is 6.92 Å². The Hall–Kier alpha value is -0.470. The first kappa shape index (κ1) is 9.53. The summed E-state index contributed by atoms with van der Waals surface area (Å²) in [7, 11) is 1.60. The van der Waals surface area contributed by atoms with Gasteiger partial charge in [0.1, 0.15) is 0 Å². The van der Waals surface area contributed by atoms with Gasteiger partial charge in [0.2, 0.25) is 0 Å². The minimum atomic E-state index is -0.0206. The van der Waals surface area contributed by atoms with Crippen molar-refractivity contribution in [1.29, 1.82) is 0 Å². The van der Waals surface area contributed by atoms with Crippen LogP contribution in [0.5, 0.6) is 0 Å². The molecular weight excluding hydrogens is 150 g/mol. The molecule has 1 atom stereocenters. The molecule has 0 aliphatic rings. The lowest BCUT2D eigenvalue weighted by Gasteiger charge is -2.03. The summed E-state index contributed by atoms with van der Waals surface area (Å²) >= 11 is 5.65. The highest BCUT2D eigenvalue weighted by Crippen LogP contribution is 2.09. The molecule has 3 heteroatoms. The van der Waals surface area contributed by atoms with Crippen LogP contribution in [0.25, 0.3) is 0 Å². The van der Waals surface area contributed by atoms with Crippen LogP contribution in [0.4, 0.5) is 0 Å². The molecule has 0 aromatic rings. The number of nitrogens with two attached hydrogens (primary N) is 1. The van der Waals surface area contributed by atoms with Crippen molar-refractivity contribution in [2.75, 3.05) is 7.11 Å². The molecule has 58 valence electrons. The van der Waals surface area contributed by atoms with Crippen molar-refractivity contribution in [2.24, 2.45) is 5.73 Å². The third-order valence-corrected chi connectivity index (χ3v) is 1.43. The van der Waals surface area contributed by atoms with Crippen molar-refractivity contribution in [3.8, 4) is 0 Å². The summed E-state index contributed by atoms with van der Waals surface area (Å²) in [6, 6.07) is 0. The molecule has 2 N–H and O–H groups in total. The van der Waals surface area contributed by atoms with Crippen molar-refractivity contribution >= 4 is 11.6 Å². The molecule has 0 fully saturated rings. The number of hydrogen-bond acceptors (Lipinski definition) is 2. The first-order chi connectivity index (χ1) is 4.57. The van der Waals surface area contributed by atoms with Gasteiger partial charge in [-0.2, -0.15) is 0 Å². The molecule has 0 radical (unpaired) electrons. The van der Waals surface area contributed by atoms with E-state index in [1.165, 1.54) is 0 Å². The average Bonchev–Trinajstić information content (AvgIpc) is 1.87. The Morgan fingerprint density at radius 2 is 2.30 bits per heavy atom. The SMILES string of the molecule is C=C(N)/C(Cl)=C\[C@@H](C)OC. The van der Waals surface area contributed by atoms with Gasteiger partial charge in [0.15, 0.2) is 0 Å². The number of hydrogen-bond donors (Lipinski definition) is 1. The van der Waals surface area contributed by atoms with E-state index >= 15 is 0 Å². The van der Waals surface area contributed by atoms with E-state index in [1.54, 1.807) is 13.2 Å². The number of ether oxygens (including phenoxy) is 1. The van der Waals surface area contributed by atoms with Gasteiger partial charge in [0, 0.05) is 12.8 Å². The summed E-state index contributed by atoms with van der Waals surface area (Å²) in [6.07, 6.45) is 1.68. The van der Waals surface area contributed by atoms with Gasteiger partial charge < -0.3 is 10.5 Å². The highest BCUT2D eigenvalue weighted by atomic mass is 35.5. The molecule has 0 saturated heterocycles. The molecule has 0 saturated carbocycles. The van der Waals surface area contributed by atoms with Crippen molar-refractivity contribution < 1.29 is 4.74 Å². The summed E-state index contributed by atoms with van der Waals surface area (Å²) in [4.78, 5) is 0. The number of allylic oxidation sites excluding steroid dienone is 1. The first-order valence-electron chi connectivity index (χ1n) is 2.92. The van der Waals surface area contributed by atoms with Gasteiger partial charge in [-0.3, -0.25) is 0 Å². The molecule has 0 unspecified atom stereocenters. The van der Waals surface area contributed by atoms with Crippen LogP contribution in [0.1, 0.15) is 6.92 Å². The highest BCUT2D eigenvalue weighted by molar-refractivity contribution is 6.31. The van der Waals surface area contributed by atoms with Gasteiger partial charge in [-0.1, -0.05) is 18.2 Å². The molecule has 0 aliphatic carbocycles. The lowest BCUT2D eigenvalue weighted by atomic mass is 10.3. The smallest absolute Gasteiger partial charge is 0.0741 e. The molecule has 0 rings (SSSR count). The highest BCUT2D eigenvalue weighted by Gasteiger charge is 1.97. The Morgan fingerprint density at radius 1 is 1.80 bits per heavy atom. The van der Waals surface area contributed by atoms with Crippen LogP contribution in [-0.4, -0.2) is 13.2 Å². The van der Waals surface area contributed by atoms with Gasteiger partial charge in [-0.05, 0) is 13.0 Å². The van der Waals surface area contributed by atoms with E-state index in [-0.39, 0.29) is 6.10 Å². The maximum atomic E-state index is 5.65. The number of rotatable bonds is 3. The predicted molar refractivity (Wildman–Crippen MR) is 43.7 cm³/mol.